The van der Waals surface area contributed by atoms with Gasteiger partial charge in [-0.15, -0.1) is 0 Å². The first kappa shape index (κ1) is 10.3. The van der Waals surface area contributed by atoms with Gasteiger partial charge in [0.15, 0.2) is 0 Å². The van der Waals surface area contributed by atoms with E-state index in [4.69, 9.17) is 0 Å². The summed E-state index contributed by atoms with van der Waals surface area (Å²) in [5.41, 5.74) is 0. The van der Waals surface area contributed by atoms with E-state index >= 15 is 0 Å². The van der Waals surface area contributed by atoms with E-state index in [1.165, 1.54) is 19.5 Å². The molecule has 0 atom stereocenters. The highest BCUT2D eigenvalue weighted by Gasteiger charge is 2.02. The molecule has 0 bridgehead atoms. The van der Waals surface area contributed by atoms with Crippen LogP contribution in [0, 0.1) is 5.92 Å². The van der Waals surface area contributed by atoms with Crippen LogP contribution in [0.3, 0.4) is 0 Å². The van der Waals surface area contributed by atoms with E-state index in [2.05, 4.69) is 31.3 Å². The predicted octanol–water partition coefficient (Wildman–Crippen LogP) is 2.63. The molecule has 0 rings (SSSR count). The fraction of sp³-hybridized carbons (Fsp3) is 1.00. The molecule has 0 unspecified atom stereocenters. The van der Waals surface area contributed by atoms with Gasteiger partial charge in [-0.3, -0.25) is 4.31 Å². The maximum atomic E-state index is 2.42. The van der Waals surface area contributed by atoms with Gasteiger partial charge in [-0.1, -0.05) is 32.7 Å². The fourth-order valence-electron chi connectivity index (χ4n) is 0.914. The molecule has 0 aromatic heterocycles. The molecule has 0 heterocycles. The number of hydrogen-bond acceptors (Lipinski definition) is 2. The monoisotopic (exact) mass is 161 g/mol. The summed E-state index contributed by atoms with van der Waals surface area (Å²) in [6.45, 7) is 9.19. The van der Waals surface area contributed by atoms with Crippen LogP contribution in [0.2, 0.25) is 0 Å². The van der Waals surface area contributed by atoms with Crippen molar-refractivity contribution in [3.05, 3.63) is 0 Å². The van der Waals surface area contributed by atoms with E-state index in [-0.39, 0.29) is 0 Å². The van der Waals surface area contributed by atoms with Gasteiger partial charge in [-0.2, -0.15) is 0 Å². The van der Waals surface area contributed by atoms with Gasteiger partial charge in [-0.05, 0) is 18.6 Å². The molecular weight excluding hydrogens is 142 g/mol. The van der Waals surface area contributed by atoms with Crippen LogP contribution in [-0.2, 0) is 0 Å². The van der Waals surface area contributed by atoms with Crippen molar-refractivity contribution in [2.45, 2.75) is 27.2 Å². The van der Waals surface area contributed by atoms with Crippen molar-refractivity contribution in [3.63, 3.8) is 0 Å². The van der Waals surface area contributed by atoms with Gasteiger partial charge in [0.1, 0.15) is 0 Å². The van der Waals surface area contributed by atoms with Crippen molar-refractivity contribution in [3.8, 4) is 0 Å². The van der Waals surface area contributed by atoms with Crippen LogP contribution in [-0.4, -0.2) is 23.7 Å². The average Bonchev–Trinajstić information content (AvgIpc) is 1.86. The average molecular weight is 161 g/mol. The Balaban J connectivity index is 3.39. The van der Waals surface area contributed by atoms with Crippen molar-refractivity contribution in [2.24, 2.45) is 5.92 Å². The van der Waals surface area contributed by atoms with Crippen LogP contribution in [0.5, 0.6) is 0 Å². The van der Waals surface area contributed by atoms with Crippen molar-refractivity contribution < 1.29 is 0 Å². The van der Waals surface area contributed by atoms with Gasteiger partial charge in [0.2, 0.25) is 0 Å². The summed E-state index contributed by atoms with van der Waals surface area (Å²) >= 11 is 1.86. The maximum absolute atomic E-state index is 2.42. The summed E-state index contributed by atoms with van der Waals surface area (Å²) in [7, 11) is 0. The highest BCUT2D eigenvalue weighted by atomic mass is 32.2. The van der Waals surface area contributed by atoms with Crippen molar-refractivity contribution in [2.75, 3.05) is 19.3 Å². The topological polar surface area (TPSA) is 3.24 Å². The quantitative estimate of drug-likeness (QED) is 0.570. The minimum absolute atomic E-state index is 0.791. The number of nitrogens with zero attached hydrogens (tertiary/aromatic N) is 1. The van der Waals surface area contributed by atoms with E-state index in [1.54, 1.807) is 0 Å². The molecule has 0 amide bonds. The first-order valence-electron chi connectivity index (χ1n) is 3.99. The molecule has 0 saturated carbocycles. The molecule has 0 aromatic carbocycles. The van der Waals surface area contributed by atoms with Gasteiger partial charge in [0.25, 0.3) is 0 Å². The number of hydrogen-bond donors (Lipinski definition) is 0. The first-order valence-corrected chi connectivity index (χ1v) is 5.17. The summed E-state index contributed by atoms with van der Waals surface area (Å²) in [6.07, 6.45) is 3.41. The molecule has 0 aliphatic carbocycles. The molecular formula is C8H19NS. The smallest absolute Gasteiger partial charge is 0.0112 e. The Bertz CT molecular complexity index is 73.7. The Morgan fingerprint density at radius 2 is 2.00 bits per heavy atom. The predicted molar refractivity (Wildman–Crippen MR) is 50.2 cm³/mol. The third kappa shape index (κ3) is 5.12. The first-order chi connectivity index (χ1) is 4.70. The van der Waals surface area contributed by atoms with Gasteiger partial charge >= 0.3 is 0 Å². The summed E-state index contributed by atoms with van der Waals surface area (Å²) in [4.78, 5) is 0. The van der Waals surface area contributed by atoms with Gasteiger partial charge < -0.3 is 0 Å². The van der Waals surface area contributed by atoms with Gasteiger partial charge in [0, 0.05) is 13.1 Å². The van der Waals surface area contributed by atoms with Crippen LogP contribution in [0.1, 0.15) is 27.2 Å². The number of rotatable bonds is 5. The summed E-state index contributed by atoms with van der Waals surface area (Å²) in [5.74, 6) is 0.791. The van der Waals surface area contributed by atoms with E-state index in [1.807, 2.05) is 11.9 Å². The van der Waals surface area contributed by atoms with Crippen molar-refractivity contribution >= 4 is 11.9 Å². The second-order valence-electron chi connectivity index (χ2n) is 2.96. The molecule has 0 saturated heterocycles. The zero-order chi connectivity index (χ0) is 7.98. The molecule has 0 aromatic rings. The normalized spacial score (nSPS) is 11.4. The maximum Gasteiger partial charge on any atom is 0.0112 e. The lowest BCUT2D eigenvalue weighted by Crippen LogP contribution is -2.21. The molecule has 2 heteroatoms. The zero-order valence-electron chi connectivity index (χ0n) is 7.55. The van der Waals surface area contributed by atoms with E-state index < -0.39 is 0 Å². The highest BCUT2D eigenvalue weighted by molar-refractivity contribution is 7.96. The van der Waals surface area contributed by atoms with E-state index in [0.717, 1.165) is 5.92 Å². The van der Waals surface area contributed by atoms with Gasteiger partial charge in [-0.25, -0.2) is 0 Å². The molecule has 0 aliphatic heterocycles. The third-order valence-electron chi connectivity index (χ3n) is 1.30. The molecule has 62 valence electrons. The molecule has 0 radical (unpaired) electrons. The summed E-state index contributed by atoms with van der Waals surface area (Å²) in [6, 6.07) is 0. The zero-order valence-corrected chi connectivity index (χ0v) is 8.37. The lowest BCUT2D eigenvalue weighted by atomic mass is 10.2. The second kappa shape index (κ2) is 6.05. The van der Waals surface area contributed by atoms with E-state index in [0.29, 0.717) is 0 Å². The van der Waals surface area contributed by atoms with Crippen LogP contribution >= 0.6 is 11.9 Å². The highest BCUT2D eigenvalue weighted by Crippen LogP contribution is 2.08. The molecule has 0 fully saturated rings. The minimum atomic E-state index is 0.791. The lowest BCUT2D eigenvalue weighted by molar-refractivity contribution is 0.407. The van der Waals surface area contributed by atoms with Crippen LogP contribution in [0.15, 0.2) is 0 Å². The van der Waals surface area contributed by atoms with Crippen LogP contribution < -0.4 is 0 Å². The van der Waals surface area contributed by atoms with E-state index in [9.17, 15) is 0 Å². The Labute approximate surface area is 69.3 Å². The summed E-state index contributed by atoms with van der Waals surface area (Å²) in [5, 5.41) is 0. The second-order valence-corrected chi connectivity index (χ2v) is 3.85. The molecule has 10 heavy (non-hydrogen) atoms. The SMILES string of the molecule is CCCN(CC(C)C)SC. The molecule has 0 aliphatic rings. The van der Waals surface area contributed by atoms with Gasteiger partial charge in [0.05, 0.1) is 0 Å². The van der Waals surface area contributed by atoms with Crippen LogP contribution in [0.25, 0.3) is 0 Å². The third-order valence-corrected chi connectivity index (χ3v) is 2.15. The van der Waals surface area contributed by atoms with Crippen LogP contribution in [0.4, 0.5) is 0 Å². The van der Waals surface area contributed by atoms with Crippen molar-refractivity contribution in [1.29, 1.82) is 0 Å². The Morgan fingerprint density at radius 3 is 2.30 bits per heavy atom. The molecule has 0 spiro atoms. The Kier molecular flexibility index (Phi) is 6.24. The standard InChI is InChI=1S/C8H19NS/c1-5-6-9(10-4)7-8(2)3/h8H,5-7H2,1-4H3. The molecule has 1 nitrogen and oxygen atoms in total. The minimum Gasteiger partial charge on any atom is -0.251 e. The Hall–Kier alpha value is 0.310. The summed E-state index contributed by atoms with van der Waals surface area (Å²) < 4.78 is 2.42. The van der Waals surface area contributed by atoms with Crippen molar-refractivity contribution in [1.82, 2.24) is 4.31 Å². The molecule has 0 N–H and O–H groups in total. The largest absolute Gasteiger partial charge is 0.251 e. The fourth-order valence-corrected chi connectivity index (χ4v) is 1.73. The lowest BCUT2D eigenvalue weighted by Gasteiger charge is -2.19. The Morgan fingerprint density at radius 1 is 1.40 bits per heavy atom.